The van der Waals surface area contributed by atoms with Gasteiger partial charge in [-0.1, -0.05) is 19.1 Å². The second-order valence-electron chi connectivity index (χ2n) is 4.57. The number of alkyl halides is 1. The molecule has 102 valence electrons. The second-order valence-corrected chi connectivity index (χ2v) is 6.20. The van der Waals surface area contributed by atoms with Gasteiger partial charge in [0, 0.05) is 27.9 Å². The zero-order chi connectivity index (χ0) is 13.5. The van der Waals surface area contributed by atoms with Crippen LogP contribution in [0.15, 0.2) is 36.4 Å². The van der Waals surface area contributed by atoms with Crippen molar-refractivity contribution in [1.29, 1.82) is 0 Å². The van der Waals surface area contributed by atoms with Crippen molar-refractivity contribution in [3.05, 3.63) is 51.7 Å². The van der Waals surface area contributed by atoms with E-state index in [0.717, 1.165) is 31.7 Å². The minimum Gasteiger partial charge on any atom is -0.380 e. The van der Waals surface area contributed by atoms with Crippen molar-refractivity contribution < 1.29 is 0 Å². The first-order chi connectivity index (χ1) is 9.31. The molecule has 2 rings (SSSR count). The SMILES string of the molecule is CCc1ccc(CNc2cccc(CCCCl)c2)s1. The molecule has 0 spiro atoms. The topological polar surface area (TPSA) is 12.0 Å². The molecule has 0 aliphatic rings. The van der Waals surface area contributed by atoms with E-state index in [2.05, 4.69) is 48.6 Å². The molecule has 1 aromatic heterocycles. The van der Waals surface area contributed by atoms with Crippen LogP contribution < -0.4 is 5.32 Å². The lowest BCUT2D eigenvalue weighted by atomic mass is 10.1. The summed E-state index contributed by atoms with van der Waals surface area (Å²) in [4.78, 5) is 2.84. The van der Waals surface area contributed by atoms with Gasteiger partial charge in [0.15, 0.2) is 0 Å². The highest BCUT2D eigenvalue weighted by Crippen LogP contribution is 2.19. The Balaban J connectivity index is 1.91. The minimum absolute atomic E-state index is 0.729. The van der Waals surface area contributed by atoms with Crippen LogP contribution in [-0.2, 0) is 19.4 Å². The van der Waals surface area contributed by atoms with Crippen molar-refractivity contribution >= 4 is 28.6 Å². The van der Waals surface area contributed by atoms with E-state index in [1.165, 1.54) is 21.0 Å². The van der Waals surface area contributed by atoms with Gasteiger partial charge in [-0.2, -0.15) is 0 Å². The first-order valence-corrected chi connectivity index (χ1v) is 8.13. The molecule has 0 saturated carbocycles. The Morgan fingerprint density at radius 3 is 2.74 bits per heavy atom. The number of benzene rings is 1. The number of thiophene rings is 1. The predicted octanol–water partition coefficient (Wildman–Crippen LogP) is 5.09. The molecule has 0 unspecified atom stereocenters. The minimum atomic E-state index is 0.729. The summed E-state index contributed by atoms with van der Waals surface area (Å²) in [5.41, 5.74) is 2.55. The molecule has 1 heterocycles. The van der Waals surface area contributed by atoms with Gasteiger partial charge in [0.25, 0.3) is 0 Å². The fraction of sp³-hybridized carbons (Fsp3) is 0.375. The van der Waals surface area contributed by atoms with E-state index >= 15 is 0 Å². The monoisotopic (exact) mass is 293 g/mol. The molecule has 19 heavy (non-hydrogen) atoms. The molecule has 0 bridgehead atoms. The maximum Gasteiger partial charge on any atom is 0.0494 e. The van der Waals surface area contributed by atoms with Gasteiger partial charge in [-0.25, -0.2) is 0 Å². The van der Waals surface area contributed by atoms with Crippen molar-refractivity contribution in [2.45, 2.75) is 32.7 Å². The van der Waals surface area contributed by atoms with E-state index in [1.807, 2.05) is 11.3 Å². The highest BCUT2D eigenvalue weighted by atomic mass is 35.5. The number of aryl methyl sites for hydroxylation is 2. The molecule has 3 heteroatoms. The van der Waals surface area contributed by atoms with Crippen LogP contribution in [0.5, 0.6) is 0 Å². The summed E-state index contributed by atoms with van der Waals surface area (Å²) in [6.45, 7) is 3.10. The Kier molecular flexibility index (Phi) is 5.74. The lowest BCUT2D eigenvalue weighted by Gasteiger charge is -2.07. The Morgan fingerprint density at radius 1 is 1.16 bits per heavy atom. The molecule has 0 saturated heterocycles. The molecule has 1 nitrogen and oxygen atoms in total. The van der Waals surface area contributed by atoms with Crippen LogP contribution in [0, 0.1) is 0 Å². The standard InChI is InChI=1S/C16H20ClNS/c1-2-15-8-9-16(19-15)12-18-14-7-3-5-13(11-14)6-4-10-17/h3,5,7-9,11,18H,2,4,6,10,12H2,1H3. The van der Waals surface area contributed by atoms with E-state index in [-0.39, 0.29) is 0 Å². The summed E-state index contributed by atoms with van der Waals surface area (Å²) in [5.74, 6) is 0.729. The molecule has 0 radical (unpaired) electrons. The van der Waals surface area contributed by atoms with Gasteiger partial charge in [-0.05, 0) is 49.1 Å². The molecule has 0 aliphatic carbocycles. The van der Waals surface area contributed by atoms with Crippen molar-refractivity contribution in [2.24, 2.45) is 0 Å². The van der Waals surface area contributed by atoms with Crippen molar-refractivity contribution in [3.8, 4) is 0 Å². The van der Waals surface area contributed by atoms with Crippen LogP contribution in [-0.4, -0.2) is 5.88 Å². The lowest BCUT2D eigenvalue weighted by Crippen LogP contribution is -1.98. The summed E-state index contributed by atoms with van der Waals surface area (Å²) >= 11 is 7.62. The van der Waals surface area contributed by atoms with Crippen LogP contribution in [0.4, 0.5) is 5.69 Å². The normalized spacial score (nSPS) is 10.6. The Morgan fingerprint density at radius 2 is 2.00 bits per heavy atom. The largest absolute Gasteiger partial charge is 0.380 e. The van der Waals surface area contributed by atoms with Crippen LogP contribution >= 0.6 is 22.9 Å². The smallest absolute Gasteiger partial charge is 0.0494 e. The van der Waals surface area contributed by atoms with Gasteiger partial charge in [0.2, 0.25) is 0 Å². The first-order valence-electron chi connectivity index (χ1n) is 6.78. The molecule has 0 fully saturated rings. The van der Waals surface area contributed by atoms with Gasteiger partial charge in [0.05, 0.1) is 0 Å². The van der Waals surface area contributed by atoms with E-state index in [9.17, 15) is 0 Å². The molecular formula is C16H20ClNS. The molecular weight excluding hydrogens is 274 g/mol. The number of hydrogen-bond acceptors (Lipinski definition) is 2. The Labute approximate surface area is 124 Å². The number of anilines is 1. The summed E-state index contributed by atoms with van der Waals surface area (Å²) in [5, 5.41) is 3.49. The quantitative estimate of drug-likeness (QED) is 0.701. The van der Waals surface area contributed by atoms with Crippen molar-refractivity contribution in [1.82, 2.24) is 0 Å². The molecule has 0 atom stereocenters. The van der Waals surface area contributed by atoms with E-state index in [4.69, 9.17) is 11.6 Å². The van der Waals surface area contributed by atoms with E-state index in [1.54, 1.807) is 0 Å². The predicted molar refractivity (Wildman–Crippen MR) is 86.5 cm³/mol. The number of halogens is 1. The maximum absolute atomic E-state index is 5.73. The zero-order valence-corrected chi connectivity index (χ0v) is 12.9. The van der Waals surface area contributed by atoms with Crippen LogP contribution in [0.3, 0.4) is 0 Å². The Hall–Kier alpha value is -0.990. The maximum atomic E-state index is 5.73. The van der Waals surface area contributed by atoms with Gasteiger partial charge in [-0.15, -0.1) is 22.9 Å². The third-order valence-electron chi connectivity index (χ3n) is 3.06. The Bertz CT molecular complexity index is 507. The number of nitrogens with one attached hydrogen (secondary N) is 1. The van der Waals surface area contributed by atoms with Crippen molar-refractivity contribution in [3.63, 3.8) is 0 Å². The lowest BCUT2D eigenvalue weighted by molar-refractivity contribution is 0.928. The van der Waals surface area contributed by atoms with Gasteiger partial charge in [0.1, 0.15) is 0 Å². The zero-order valence-electron chi connectivity index (χ0n) is 11.3. The third kappa shape index (κ3) is 4.55. The highest BCUT2D eigenvalue weighted by molar-refractivity contribution is 7.12. The van der Waals surface area contributed by atoms with Gasteiger partial charge in [-0.3, -0.25) is 0 Å². The molecule has 0 aliphatic heterocycles. The number of rotatable bonds is 7. The summed E-state index contributed by atoms with van der Waals surface area (Å²) in [6, 6.07) is 13.1. The van der Waals surface area contributed by atoms with Crippen LogP contribution in [0.25, 0.3) is 0 Å². The van der Waals surface area contributed by atoms with Crippen molar-refractivity contribution in [2.75, 3.05) is 11.2 Å². The van der Waals surface area contributed by atoms with E-state index < -0.39 is 0 Å². The van der Waals surface area contributed by atoms with Gasteiger partial charge >= 0.3 is 0 Å². The highest BCUT2D eigenvalue weighted by Gasteiger charge is 2.00. The van der Waals surface area contributed by atoms with Crippen LogP contribution in [0.1, 0.15) is 28.7 Å². The molecule has 2 aromatic rings. The fourth-order valence-corrected chi connectivity index (χ4v) is 3.04. The molecule has 1 N–H and O–H groups in total. The third-order valence-corrected chi connectivity index (χ3v) is 4.56. The summed E-state index contributed by atoms with van der Waals surface area (Å²) < 4.78 is 0. The average Bonchev–Trinajstić information content (AvgIpc) is 2.91. The van der Waals surface area contributed by atoms with Crippen LogP contribution in [0.2, 0.25) is 0 Å². The number of hydrogen-bond donors (Lipinski definition) is 1. The molecule has 0 amide bonds. The van der Waals surface area contributed by atoms with E-state index in [0.29, 0.717) is 0 Å². The van der Waals surface area contributed by atoms with Gasteiger partial charge < -0.3 is 5.32 Å². The average molecular weight is 294 g/mol. The summed E-state index contributed by atoms with van der Waals surface area (Å²) in [6.07, 6.45) is 3.21. The second kappa shape index (κ2) is 7.56. The summed E-state index contributed by atoms with van der Waals surface area (Å²) in [7, 11) is 0. The fourth-order valence-electron chi connectivity index (χ4n) is 2.00. The molecule has 1 aromatic carbocycles. The first kappa shape index (κ1) is 14.4.